The summed E-state index contributed by atoms with van der Waals surface area (Å²) in [4.78, 5) is 0. The van der Waals surface area contributed by atoms with Gasteiger partial charge < -0.3 is 10.6 Å². The minimum absolute atomic E-state index is 0.790. The molecule has 1 heterocycles. The Kier molecular flexibility index (Phi) is 5.61. The average Bonchev–Trinajstić information content (AvgIpc) is 3.02. The van der Waals surface area contributed by atoms with Crippen LogP contribution in [0, 0.1) is 17.8 Å². The summed E-state index contributed by atoms with van der Waals surface area (Å²) >= 11 is 0. The van der Waals surface area contributed by atoms with Gasteiger partial charge in [-0.3, -0.25) is 0 Å². The first-order valence-corrected chi connectivity index (χ1v) is 9.75. The predicted octanol–water partition coefficient (Wildman–Crippen LogP) is 4.10. The molecule has 5 atom stereocenters. The molecule has 3 rings (SSSR count). The lowest BCUT2D eigenvalue weighted by Crippen LogP contribution is -2.53. The van der Waals surface area contributed by atoms with Crippen molar-refractivity contribution >= 4 is 0 Å². The maximum Gasteiger partial charge on any atom is 0.0113 e. The Morgan fingerprint density at radius 1 is 0.810 bits per heavy atom. The summed E-state index contributed by atoms with van der Waals surface area (Å²) in [6.07, 6.45) is 14.4. The van der Waals surface area contributed by atoms with Crippen LogP contribution in [-0.2, 0) is 0 Å². The van der Waals surface area contributed by atoms with Crippen molar-refractivity contribution in [1.82, 2.24) is 10.6 Å². The third kappa shape index (κ3) is 3.82. The average molecular weight is 293 g/mol. The van der Waals surface area contributed by atoms with Crippen molar-refractivity contribution in [3.63, 3.8) is 0 Å². The quantitative estimate of drug-likeness (QED) is 0.815. The first kappa shape index (κ1) is 15.8. The molecule has 3 aliphatic rings. The van der Waals surface area contributed by atoms with Crippen LogP contribution >= 0.6 is 0 Å². The molecule has 0 bridgehead atoms. The van der Waals surface area contributed by atoms with Crippen LogP contribution in [0.15, 0.2) is 0 Å². The standard InChI is InChI=1S/C19H36N2/c1-14(2)15-8-3-5-10-18(15)21-19-11-6-4-9-16(19)17-12-7-13-20-17/h14-21H,3-13H2,1-2H3. The van der Waals surface area contributed by atoms with Gasteiger partial charge in [-0.15, -0.1) is 0 Å². The molecule has 0 aromatic rings. The van der Waals surface area contributed by atoms with E-state index in [-0.39, 0.29) is 0 Å². The normalized spacial score (nSPS) is 41.6. The summed E-state index contributed by atoms with van der Waals surface area (Å²) in [5.41, 5.74) is 0. The van der Waals surface area contributed by atoms with Crippen molar-refractivity contribution in [1.29, 1.82) is 0 Å². The van der Waals surface area contributed by atoms with Gasteiger partial charge >= 0.3 is 0 Å². The van der Waals surface area contributed by atoms with E-state index in [0.717, 1.165) is 35.9 Å². The Morgan fingerprint density at radius 3 is 2.24 bits per heavy atom. The van der Waals surface area contributed by atoms with E-state index in [1.165, 1.54) is 70.8 Å². The van der Waals surface area contributed by atoms with Crippen LogP contribution in [-0.4, -0.2) is 24.7 Å². The van der Waals surface area contributed by atoms with E-state index >= 15 is 0 Å². The SMILES string of the molecule is CC(C)C1CCCCC1NC1CCCCC1C1CCCN1. The lowest BCUT2D eigenvalue weighted by Gasteiger charge is -2.43. The molecule has 0 aromatic heterocycles. The van der Waals surface area contributed by atoms with Gasteiger partial charge in [0.15, 0.2) is 0 Å². The number of hydrogen-bond donors (Lipinski definition) is 2. The molecule has 5 unspecified atom stereocenters. The smallest absolute Gasteiger partial charge is 0.0113 e. The van der Waals surface area contributed by atoms with Gasteiger partial charge in [-0.1, -0.05) is 39.5 Å². The summed E-state index contributed by atoms with van der Waals surface area (Å²) in [5.74, 6) is 2.66. The van der Waals surface area contributed by atoms with Gasteiger partial charge in [-0.2, -0.15) is 0 Å². The molecule has 21 heavy (non-hydrogen) atoms. The maximum absolute atomic E-state index is 4.18. The molecule has 2 saturated carbocycles. The minimum Gasteiger partial charge on any atom is -0.314 e. The van der Waals surface area contributed by atoms with Gasteiger partial charge in [0.1, 0.15) is 0 Å². The maximum atomic E-state index is 4.18. The molecule has 2 aliphatic carbocycles. The van der Waals surface area contributed by atoms with Crippen LogP contribution < -0.4 is 10.6 Å². The fourth-order valence-electron chi connectivity index (χ4n) is 5.36. The number of nitrogens with one attached hydrogen (secondary N) is 2. The summed E-state index contributed by atoms with van der Waals surface area (Å²) in [5, 5.41) is 7.96. The fraction of sp³-hybridized carbons (Fsp3) is 1.00. The highest BCUT2D eigenvalue weighted by atomic mass is 15.0. The van der Waals surface area contributed by atoms with Crippen molar-refractivity contribution in [3.8, 4) is 0 Å². The zero-order valence-electron chi connectivity index (χ0n) is 14.2. The van der Waals surface area contributed by atoms with Gasteiger partial charge in [0.05, 0.1) is 0 Å². The van der Waals surface area contributed by atoms with Gasteiger partial charge in [-0.05, 0) is 62.8 Å². The van der Waals surface area contributed by atoms with Crippen LogP contribution in [0.2, 0.25) is 0 Å². The number of hydrogen-bond acceptors (Lipinski definition) is 2. The molecule has 3 fully saturated rings. The van der Waals surface area contributed by atoms with Crippen molar-refractivity contribution in [2.75, 3.05) is 6.54 Å². The largest absolute Gasteiger partial charge is 0.314 e. The van der Waals surface area contributed by atoms with E-state index in [1.54, 1.807) is 0 Å². The second-order valence-corrected chi connectivity index (χ2v) is 8.22. The highest BCUT2D eigenvalue weighted by molar-refractivity contribution is 4.94. The highest BCUT2D eigenvalue weighted by Gasteiger charge is 2.36. The van der Waals surface area contributed by atoms with Crippen molar-refractivity contribution in [3.05, 3.63) is 0 Å². The Bertz CT molecular complexity index is 309. The molecular formula is C19H36N2. The van der Waals surface area contributed by atoms with Crippen LogP contribution in [0.4, 0.5) is 0 Å². The highest BCUT2D eigenvalue weighted by Crippen LogP contribution is 2.35. The molecule has 0 aromatic carbocycles. The summed E-state index contributed by atoms with van der Waals surface area (Å²) in [6.45, 7) is 6.12. The van der Waals surface area contributed by atoms with Crippen molar-refractivity contribution in [2.24, 2.45) is 17.8 Å². The van der Waals surface area contributed by atoms with Gasteiger partial charge in [0.25, 0.3) is 0 Å². The third-order valence-electron chi connectivity index (χ3n) is 6.54. The van der Waals surface area contributed by atoms with Crippen LogP contribution in [0.25, 0.3) is 0 Å². The van der Waals surface area contributed by atoms with E-state index in [9.17, 15) is 0 Å². The summed E-state index contributed by atoms with van der Waals surface area (Å²) in [7, 11) is 0. The zero-order valence-corrected chi connectivity index (χ0v) is 14.2. The first-order valence-electron chi connectivity index (χ1n) is 9.75. The zero-order chi connectivity index (χ0) is 14.7. The molecule has 0 spiro atoms. The molecule has 1 saturated heterocycles. The third-order valence-corrected chi connectivity index (χ3v) is 6.54. The van der Waals surface area contributed by atoms with Crippen LogP contribution in [0.1, 0.15) is 78.1 Å². The Labute approximate surface area is 131 Å². The molecule has 2 heteroatoms. The molecule has 122 valence electrons. The monoisotopic (exact) mass is 292 g/mol. The van der Waals surface area contributed by atoms with E-state index in [2.05, 4.69) is 24.5 Å². The lowest BCUT2D eigenvalue weighted by molar-refractivity contribution is 0.142. The minimum atomic E-state index is 0.790. The molecule has 1 aliphatic heterocycles. The summed E-state index contributed by atoms with van der Waals surface area (Å²) < 4.78 is 0. The number of rotatable bonds is 4. The molecule has 0 amide bonds. The van der Waals surface area contributed by atoms with Crippen molar-refractivity contribution < 1.29 is 0 Å². The predicted molar refractivity (Wildman–Crippen MR) is 90.5 cm³/mol. The molecule has 0 radical (unpaired) electrons. The Balaban J connectivity index is 1.62. The molecule has 2 nitrogen and oxygen atoms in total. The first-order chi connectivity index (χ1) is 10.3. The van der Waals surface area contributed by atoms with E-state index in [1.807, 2.05) is 0 Å². The Morgan fingerprint density at radius 2 is 1.52 bits per heavy atom. The van der Waals surface area contributed by atoms with Gasteiger partial charge in [0.2, 0.25) is 0 Å². The molecular weight excluding hydrogens is 256 g/mol. The molecule has 2 N–H and O–H groups in total. The fourth-order valence-corrected chi connectivity index (χ4v) is 5.36. The van der Waals surface area contributed by atoms with Crippen molar-refractivity contribution in [2.45, 2.75) is 96.2 Å². The second kappa shape index (κ2) is 7.46. The van der Waals surface area contributed by atoms with Gasteiger partial charge in [-0.25, -0.2) is 0 Å². The van der Waals surface area contributed by atoms with Crippen LogP contribution in [0.3, 0.4) is 0 Å². The second-order valence-electron chi connectivity index (χ2n) is 8.22. The van der Waals surface area contributed by atoms with E-state index in [4.69, 9.17) is 0 Å². The summed E-state index contributed by atoms with van der Waals surface area (Å²) in [6, 6.07) is 2.40. The topological polar surface area (TPSA) is 24.1 Å². The lowest BCUT2D eigenvalue weighted by atomic mass is 9.75. The van der Waals surface area contributed by atoms with Crippen LogP contribution in [0.5, 0.6) is 0 Å². The van der Waals surface area contributed by atoms with E-state index in [0.29, 0.717) is 0 Å². The Hall–Kier alpha value is -0.0800. The van der Waals surface area contributed by atoms with Gasteiger partial charge in [0, 0.05) is 18.1 Å². The van der Waals surface area contributed by atoms with E-state index < -0.39 is 0 Å².